The number of amides is 1. The summed E-state index contributed by atoms with van der Waals surface area (Å²) in [6.45, 7) is 8.58. The molecule has 1 fully saturated rings. The number of hydrogen-bond acceptors (Lipinski definition) is 2. The van der Waals surface area contributed by atoms with Crippen LogP contribution in [-0.4, -0.2) is 29.9 Å². The zero-order chi connectivity index (χ0) is 13.8. The van der Waals surface area contributed by atoms with Crippen molar-refractivity contribution in [1.82, 2.24) is 4.90 Å². The van der Waals surface area contributed by atoms with Crippen molar-refractivity contribution >= 4 is 11.6 Å². The maximum absolute atomic E-state index is 12.3. The van der Waals surface area contributed by atoms with Crippen LogP contribution in [-0.2, 0) is 4.79 Å². The van der Waals surface area contributed by atoms with E-state index in [1.807, 2.05) is 37.3 Å². The molecule has 0 aliphatic carbocycles. The first-order valence-corrected chi connectivity index (χ1v) is 7.16. The van der Waals surface area contributed by atoms with Crippen molar-refractivity contribution in [3.8, 4) is 0 Å². The van der Waals surface area contributed by atoms with Gasteiger partial charge in [-0.25, -0.2) is 0 Å². The predicted molar refractivity (Wildman–Crippen MR) is 79.1 cm³/mol. The van der Waals surface area contributed by atoms with E-state index in [9.17, 15) is 4.79 Å². The number of nitrogens with one attached hydrogen (secondary N) is 1. The van der Waals surface area contributed by atoms with Gasteiger partial charge in [0.2, 0.25) is 5.91 Å². The smallest absolute Gasteiger partial charge is 0.241 e. The van der Waals surface area contributed by atoms with Crippen LogP contribution in [0.1, 0.15) is 27.2 Å². The Morgan fingerprint density at radius 3 is 2.37 bits per heavy atom. The third kappa shape index (κ3) is 3.80. The van der Waals surface area contributed by atoms with Gasteiger partial charge in [0.1, 0.15) is 0 Å². The molecule has 3 heteroatoms. The van der Waals surface area contributed by atoms with Crippen molar-refractivity contribution in [2.45, 2.75) is 33.2 Å². The predicted octanol–water partition coefficient (Wildman–Crippen LogP) is 2.99. The molecule has 1 amide bonds. The normalized spacial score (nSPS) is 25.8. The Labute approximate surface area is 116 Å². The number of carbonyl (C=O) groups is 1. The van der Waals surface area contributed by atoms with E-state index in [1.165, 1.54) is 6.42 Å². The Morgan fingerprint density at radius 1 is 1.21 bits per heavy atom. The molecular formula is C16H24N2O. The fourth-order valence-corrected chi connectivity index (χ4v) is 2.96. The first kappa shape index (κ1) is 14.1. The summed E-state index contributed by atoms with van der Waals surface area (Å²) in [6, 6.07) is 9.60. The molecule has 3 atom stereocenters. The van der Waals surface area contributed by atoms with E-state index in [2.05, 4.69) is 24.1 Å². The Bertz CT molecular complexity index is 408. The molecule has 0 spiro atoms. The van der Waals surface area contributed by atoms with E-state index in [4.69, 9.17) is 0 Å². The first-order chi connectivity index (χ1) is 9.06. The lowest BCUT2D eigenvalue weighted by atomic mass is 9.91. The van der Waals surface area contributed by atoms with E-state index >= 15 is 0 Å². The van der Waals surface area contributed by atoms with Crippen LogP contribution in [0.5, 0.6) is 0 Å². The Morgan fingerprint density at radius 2 is 1.79 bits per heavy atom. The highest BCUT2D eigenvalue weighted by atomic mass is 16.2. The molecular weight excluding hydrogens is 236 g/mol. The third-order valence-corrected chi connectivity index (χ3v) is 3.87. The lowest BCUT2D eigenvalue weighted by Crippen LogP contribution is -2.48. The SMILES string of the molecule is C[C@@H]1C[C@H](C)CN([C@@H](C)C(=O)Nc2ccccc2)C1. The lowest BCUT2D eigenvalue weighted by Gasteiger charge is -2.38. The highest BCUT2D eigenvalue weighted by Crippen LogP contribution is 2.23. The van der Waals surface area contributed by atoms with Gasteiger partial charge in [0.05, 0.1) is 6.04 Å². The van der Waals surface area contributed by atoms with Crippen LogP contribution in [0.4, 0.5) is 5.69 Å². The van der Waals surface area contributed by atoms with Gasteiger partial charge in [-0.15, -0.1) is 0 Å². The molecule has 2 rings (SSSR count). The number of likely N-dealkylation sites (tertiary alicyclic amines) is 1. The van der Waals surface area contributed by atoms with Gasteiger partial charge in [-0.2, -0.15) is 0 Å². The van der Waals surface area contributed by atoms with E-state index < -0.39 is 0 Å². The van der Waals surface area contributed by atoms with Gasteiger partial charge in [-0.1, -0.05) is 32.0 Å². The minimum atomic E-state index is -0.0644. The molecule has 1 aliphatic heterocycles. The molecule has 0 bridgehead atoms. The summed E-state index contributed by atoms with van der Waals surface area (Å²) in [6.07, 6.45) is 1.27. The van der Waals surface area contributed by atoms with Crippen molar-refractivity contribution in [3.05, 3.63) is 30.3 Å². The Balaban J connectivity index is 1.95. The molecule has 1 saturated heterocycles. The summed E-state index contributed by atoms with van der Waals surface area (Å²) in [4.78, 5) is 14.6. The quantitative estimate of drug-likeness (QED) is 0.906. The highest BCUT2D eigenvalue weighted by Gasteiger charge is 2.28. The second kappa shape index (κ2) is 6.20. The number of rotatable bonds is 3. The van der Waals surface area contributed by atoms with Gasteiger partial charge >= 0.3 is 0 Å². The fourth-order valence-electron chi connectivity index (χ4n) is 2.96. The van der Waals surface area contributed by atoms with Crippen LogP contribution >= 0.6 is 0 Å². The van der Waals surface area contributed by atoms with Crippen LogP contribution in [0.15, 0.2) is 30.3 Å². The number of nitrogens with zero attached hydrogens (tertiary/aromatic N) is 1. The molecule has 0 aromatic heterocycles. The maximum Gasteiger partial charge on any atom is 0.241 e. The average molecular weight is 260 g/mol. The van der Waals surface area contributed by atoms with Gasteiger partial charge in [-0.05, 0) is 37.3 Å². The molecule has 1 aromatic carbocycles. The summed E-state index contributed by atoms with van der Waals surface area (Å²) in [5, 5.41) is 2.99. The van der Waals surface area contributed by atoms with Crippen LogP contribution in [0.3, 0.4) is 0 Å². The van der Waals surface area contributed by atoms with Gasteiger partial charge < -0.3 is 5.32 Å². The van der Waals surface area contributed by atoms with Crippen LogP contribution in [0, 0.1) is 11.8 Å². The first-order valence-electron chi connectivity index (χ1n) is 7.16. The molecule has 0 radical (unpaired) electrons. The van der Waals surface area contributed by atoms with Gasteiger partial charge in [0.15, 0.2) is 0 Å². The molecule has 0 saturated carbocycles. The van der Waals surface area contributed by atoms with Gasteiger partial charge in [0, 0.05) is 18.8 Å². The molecule has 0 unspecified atom stereocenters. The zero-order valence-electron chi connectivity index (χ0n) is 12.1. The standard InChI is InChI=1S/C16H24N2O/c1-12-9-13(2)11-18(10-12)14(3)16(19)17-15-7-5-4-6-8-15/h4-8,12-14H,9-11H2,1-3H3,(H,17,19)/t12-,13+,14-/m0/s1. The number of para-hydroxylation sites is 1. The van der Waals surface area contributed by atoms with Gasteiger partial charge in [0.25, 0.3) is 0 Å². The zero-order valence-corrected chi connectivity index (χ0v) is 12.1. The summed E-state index contributed by atoms with van der Waals surface area (Å²) in [7, 11) is 0. The van der Waals surface area contributed by atoms with Crippen molar-refractivity contribution in [2.75, 3.05) is 18.4 Å². The number of carbonyl (C=O) groups excluding carboxylic acids is 1. The van der Waals surface area contributed by atoms with Crippen LogP contribution < -0.4 is 5.32 Å². The van der Waals surface area contributed by atoms with Crippen molar-refractivity contribution in [1.29, 1.82) is 0 Å². The molecule has 1 aromatic rings. The number of benzene rings is 1. The Hall–Kier alpha value is -1.35. The van der Waals surface area contributed by atoms with Crippen molar-refractivity contribution < 1.29 is 4.79 Å². The molecule has 19 heavy (non-hydrogen) atoms. The molecule has 1 aliphatic rings. The second-order valence-corrected chi connectivity index (χ2v) is 5.93. The van der Waals surface area contributed by atoms with E-state index in [-0.39, 0.29) is 11.9 Å². The summed E-state index contributed by atoms with van der Waals surface area (Å²) in [5.41, 5.74) is 0.873. The van der Waals surface area contributed by atoms with Crippen molar-refractivity contribution in [3.63, 3.8) is 0 Å². The highest BCUT2D eigenvalue weighted by molar-refractivity contribution is 5.94. The maximum atomic E-state index is 12.3. The molecule has 1 N–H and O–H groups in total. The topological polar surface area (TPSA) is 32.3 Å². The largest absolute Gasteiger partial charge is 0.325 e. The lowest BCUT2D eigenvalue weighted by molar-refractivity contribution is -0.121. The summed E-state index contributed by atoms with van der Waals surface area (Å²) < 4.78 is 0. The monoisotopic (exact) mass is 260 g/mol. The minimum absolute atomic E-state index is 0.0644. The summed E-state index contributed by atoms with van der Waals surface area (Å²) in [5.74, 6) is 1.44. The molecule has 1 heterocycles. The number of piperidine rings is 1. The van der Waals surface area contributed by atoms with Crippen molar-refractivity contribution in [2.24, 2.45) is 11.8 Å². The number of anilines is 1. The van der Waals surface area contributed by atoms with E-state index in [0.717, 1.165) is 18.8 Å². The molecule has 3 nitrogen and oxygen atoms in total. The number of hydrogen-bond donors (Lipinski definition) is 1. The van der Waals surface area contributed by atoms with Gasteiger partial charge in [-0.3, -0.25) is 9.69 Å². The summed E-state index contributed by atoms with van der Waals surface area (Å²) >= 11 is 0. The van der Waals surface area contributed by atoms with E-state index in [1.54, 1.807) is 0 Å². The molecule has 104 valence electrons. The Kier molecular flexibility index (Phi) is 4.59. The van der Waals surface area contributed by atoms with Crippen LogP contribution in [0.25, 0.3) is 0 Å². The minimum Gasteiger partial charge on any atom is -0.325 e. The van der Waals surface area contributed by atoms with E-state index in [0.29, 0.717) is 11.8 Å². The van der Waals surface area contributed by atoms with Crippen LogP contribution in [0.2, 0.25) is 0 Å². The second-order valence-electron chi connectivity index (χ2n) is 5.93. The fraction of sp³-hybridized carbons (Fsp3) is 0.562. The average Bonchev–Trinajstić information content (AvgIpc) is 2.37. The third-order valence-electron chi connectivity index (χ3n) is 3.87.